The summed E-state index contributed by atoms with van der Waals surface area (Å²) in [6.07, 6.45) is 0.0266. The third kappa shape index (κ3) is 1.76. The van der Waals surface area contributed by atoms with E-state index in [2.05, 4.69) is 4.74 Å². The molecule has 1 atom stereocenters. The number of nitrogens with two attached hydrogens (primary N) is 1. The van der Waals surface area contributed by atoms with E-state index in [1.807, 2.05) is 0 Å². The SMILES string of the molecule is Br.N[C@H]1CC(=O)OC1=O. The molecule has 1 saturated heterocycles. The predicted molar refractivity (Wildman–Crippen MR) is 34.0 cm³/mol. The number of rotatable bonds is 0. The molecule has 1 rings (SSSR count). The van der Waals surface area contributed by atoms with Crippen molar-refractivity contribution < 1.29 is 14.3 Å². The van der Waals surface area contributed by atoms with Gasteiger partial charge in [-0.1, -0.05) is 0 Å². The molecule has 0 spiro atoms. The van der Waals surface area contributed by atoms with Crippen LogP contribution in [0.1, 0.15) is 6.42 Å². The van der Waals surface area contributed by atoms with Gasteiger partial charge in [0.15, 0.2) is 0 Å². The minimum absolute atomic E-state index is 0. The highest BCUT2D eigenvalue weighted by Crippen LogP contribution is 2.03. The summed E-state index contributed by atoms with van der Waals surface area (Å²) < 4.78 is 4.07. The molecule has 1 heterocycles. The molecule has 0 aromatic carbocycles. The molecule has 0 bridgehead atoms. The number of cyclic esters (lactones) is 2. The van der Waals surface area contributed by atoms with Crippen molar-refractivity contribution in [1.82, 2.24) is 0 Å². The van der Waals surface area contributed by atoms with Gasteiger partial charge in [0.25, 0.3) is 0 Å². The van der Waals surface area contributed by atoms with Crippen molar-refractivity contribution in [3.63, 3.8) is 0 Å². The largest absolute Gasteiger partial charge is 0.392 e. The molecule has 0 amide bonds. The van der Waals surface area contributed by atoms with Crippen LogP contribution in [0.4, 0.5) is 0 Å². The van der Waals surface area contributed by atoms with Gasteiger partial charge in [-0.05, 0) is 0 Å². The zero-order valence-corrected chi connectivity index (χ0v) is 6.21. The van der Waals surface area contributed by atoms with Crippen LogP contribution >= 0.6 is 17.0 Å². The molecule has 52 valence electrons. The maximum absolute atomic E-state index is 10.2. The third-order valence-corrected chi connectivity index (χ3v) is 0.904. The Morgan fingerprint density at radius 1 is 1.56 bits per heavy atom. The lowest BCUT2D eigenvalue weighted by atomic mass is 10.3. The van der Waals surface area contributed by atoms with Crippen molar-refractivity contribution in [2.45, 2.75) is 12.5 Å². The number of halogens is 1. The molecule has 1 aliphatic rings. The van der Waals surface area contributed by atoms with E-state index in [0.29, 0.717) is 0 Å². The quantitative estimate of drug-likeness (QED) is 0.413. The Balaban J connectivity index is 0.000000640. The smallest absolute Gasteiger partial charge is 0.331 e. The van der Waals surface area contributed by atoms with Crippen LogP contribution in [0.3, 0.4) is 0 Å². The van der Waals surface area contributed by atoms with Crippen LogP contribution in [0.5, 0.6) is 0 Å². The van der Waals surface area contributed by atoms with Gasteiger partial charge in [-0.3, -0.25) is 4.79 Å². The maximum atomic E-state index is 10.2. The van der Waals surface area contributed by atoms with Crippen molar-refractivity contribution in [1.29, 1.82) is 0 Å². The number of hydrogen-bond donors (Lipinski definition) is 1. The van der Waals surface area contributed by atoms with Gasteiger partial charge in [0.05, 0.1) is 6.42 Å². The van der Waals surface area contributed by atoms with Gasteiger partial charge in [0.2, 0.25) is 0 Å². The van der Waals surface area contributed by atoms with E-state index < -0.39 is 18.0 Å². The summed E-state index contributed by atoms with van der Waals surface area (Å²) in [5.41, 5.74) is 5.07. The van der Waals surface area contributed by atoms with Crippen LogP contribution in [-0.4, -0.2) is 18.0 Å². The Morgan fingerprint density at radius 3 is 2.22 bits per heavy atom. The van der Waals surface area contributed by atoms with Crippen molar-refractivity contribution in [2.24, 2.45) is 5.73 Å². The first kappa shape index (κ1) is 8.58. The summed E-state index contributed by atoms with van der Waals surface area (Å²) in [4.78, 5) is 20.4. The van der Waals surface area contributed by atoms with E-state index in [1.54, 1.807) is 0 Å². The van der Waals surface area contributed by atoms with Gasteiger partial charge >= 0.3 is 11.9 Å². The second-order valence-electron chi connectivity index (χ2n) is 1.60. The fourth-order valence-electron chi connectivity index (χ4n) is 0.492. The van der Waals surface area contributed by atoms with Crippen LogP contribution in [0.25, 0.3) is 0 Å². The molecular weight excluding hydrogens is 190 g/mol. The molecule has 0 saturated carbocycles. The molecule has 2 N–H and O–H groups in total. The topological polar surface area (TPSA) is 69.4 Å². The molecule has 4 nitrogen and oxygen atoms in total. The molecule has 1 fully saturated rings. The van der Waals surface area contributed by atoms with Crippen molar-refractivity contribution in [3.8, 4) is 0 Å². The average molecular weight is 196 g/mol. The number of carbonyl (C=O) groups excluding carboxylic acids is 2. The molecule has 0 unspecified atom stereocenters. The Kier molecular flexibility index (Phi) is 2.80. The molecule has 0 aliphatic carbocycles. The average Bonchev–Trinajstić information content (AvgIpc) is 1.85. The van der Waals surface area contributed by atoms with E-state index in [4.69, 9.17) is 5.73 Å². The summed E-state index contributed by atoms with van der Waals surface area (Å²) in [5.74, 6) is -1.14. The van der Waals surface area contributed by atoms with E-state index in [0.717, 1.165) is 0 Å². The lowest BCUT2D eigenvalue weighted by Crippen LogP contribution is -2.24. The standard InChI is InChI=1S/C4H5NO3.BrH/c5-2-1-3(6)8-4(2)7;/h2H,1,5H2;1H/t2-;/m0./s1. The summed E-state index contributed by atoms with van der Waals surface area (Å²) in [6.45, 7) is 0. The monoisotopic (exact) mass is 195 g/mol. The van der Waals surface area contributed by atoms with E-state index in [1.165, 1.54) is 0 Å². The number of carbonyl (C=O) groups is 2. The second-order valence-corrected chi connectivity index (χ2v) is 1.60. The van der Waals surface area contributed by atoms with Gasteiger partial charge in [-0.15, -0.1) is 17.0 Å². The molecule has 1 aliphatic heterocycles. The van der Waals surface area contributed by atoms with Gasteiger partial charge in [-0.25, -0.2) is 4.79 Å². The van der Waals surface area contributed by atoms with Gasteiger partial charge in [0, 0.05) is 0 Å². The molecule has 0 aromatic heterocycles. The van der Waals surface area contributed by atoms with Crippen LogP contribution in [0.15, 0.2) is 0 Å². The first-order valence-electron chi connectivity index (χ1n) is 2.20. The Hall–Kier alpha value is -0.420. The number of ether oxygens (including phenoxy) is 1. The number of hydrogen-bond acceptors (Lipinski definition) is 4. The molecule has 9 heavy (non-hydrogen) atoms. The second kappa shape index (κ2) is 2.93. The minimum atomic E-state index is -0.720. The lowest BCUT2D eigenvalue weighted by Gasteiger charge is -1.87. The maximum Gasteiger partial charge on any atom is 0.331 e. The van der Waals surface area contributed by atoms with Crippen LogP contribution in [-0.2, 0) is 14.3 Å². The van der Waals surface area contributed by atoms with Gasteiger partial charge < -0.3 is 10.5 Å². The molecular formula is C4H6BrNO3. The van der Waals surface area contributed by atoms with Crippen LogP contribution in [0.2, 0.25) is 0 Å². The van der Waals surface area contributed by atoms with E-state index >= 15 is 0 Å². The van der Waals surface area contributed by atoms with Crippen molar-refractivity contribution >= 4 is 28.9 Å². The predicted octanol–water partition coefficient (Wildman–Crippen LogP) is -0.635. The minimum Gasteiger partial charge on any atom is -0.392 e. The highest BCUT2D eigenvalue weighted by molar-refractivity contribution is 8.93. The van der Waals surface area contributed by atoms with Crippen LogP contribution in [0, 0.1) is 0 Å². The zero-order valence-electron chi connectivity index (χ0n) is 4.49. The fourth-order valence-corrected chi connectivity index (χ4v) is 0.492. The lowest BCUT2D eigenvalue weighted by molar-refractivity contribution is -0.152. The summed E-state index contributed by atoms with van der Waals surface area (Å²) in [5, 5.41) is 0. The summed E-state index contributed by atoms with van der Waals surface area (Å²) >= 11 is 0. The normalized spacial score (nSPS) is 25.2. The molecule has 5 heteroatoms. The third-order valence-electron chi connectivity index (χ3n) is 0.904. The Labute approximate surface area is 62.1 Å². The number of esters is 2. The van der Waals surface area contributed by atoms with Crippen LogP contribution < -0.4 is 5.73 Å². The fraction of sp³-hybridized carbons (Fsp3) is 0.500. The first-order valence-corrected chi connectivity index (χ1v) is 2.20. The molecule has 0 aromatic rings. The Bertz CT molecular complexity index is 147. The van der Waals surface area contributed by atoms with Gasteiger partial charge in [-0.2, -0.15) is 0 Å². The van der Waals surface area contributed by atoms with E-state index in [-0.39, 0.29) is 23.4 Å². The van der Waals surface area contributed by atoms with Crippen molar-refractivity contribution in [3.05, 3.63) is 0 Å². The highest BCUT2D eigenvalue weighted by atomic mass is 79.9. The summed E-state index contributed by atoms with van der Waals surface area (Å²) in [6, 6.07) is -0.720. The first-order chi connectivity index (χ1) is 3.70. The van der Waals surface area contributed by atoms with Gasteiger partial charge in [0.1, 0.15) is 6.04 Å². The Morgan fingerprint density at radius 2 is 2.11 bits per heavy atom. The van der Waals surface area contributed by atoms with E-state index in [9.17, 15) is 9.59 Å². The summed E-state index contributed by atoms with van der Waals surface area (Å²) in [7, 11) is 0. The highest BCUT2D eigenvalue weighted by Gasteiger charge is 2.29. The van der Waals surface area contributed by atoms with Crippen molar-refractivity contribution in [2.75, 3.05) is 0 Å². The zero-order chi connectivity index (χ0) is 6.15. The molecule has 0 radical (unpaired) electrons.